The molecule has 0 aliphatic heterocycles. The lowest BCUT2D eigenvalue weighted by molar-refractivity contribution is -0.119. The summed E-state index contributed by atoms with van der Waals surface area (Å²) in [5, 5.41) is 2.90. The summed E-state index contributed by atoms with van der Waals surface area (Å²) in [4.78, 5) is 41.0. The molecule has 1 amide bonds. The average Bonchev–Trinajstić information content (AvgIpc) is 3.22. The van der Waals surface area contributed by atoms with Crippen LogP contribution in [-0.2, 0) is 11.2 Å². The molecule has 28 heavy (non-hydrogen) atoms. The third-order valence-electron chi connectivity index (χ3n) is 4.55. The largest absolute Gasteiger partial charge is 0.342 e. The fourth-order valence-electron chi connectivity index (χ4n) is 3.14. The van der Waals surface area contributed by atoms with E-state index in [4.69, 9.17) is 0 Å². The molecule has 7 nitrogen and oxygen atoms in total. The number of fused-ring (bicyclic) bond motifs is 1. The van der Waals surface area contributed by atoms with Crippen LogP contribution in [0.25, 0.3) is 11.0 Å². The van der Waals surface area contributed by atoms with Gasteiger partial charge < -0.3 is 19.9 Å². The van der Waals surface area contributed by atoms with Crippen molar-refractivity contribution in [1.29, 1.82) is 0 Å². The highest BCUT2D eigenvalue weighted by Gasteiger charge is 2.20. The lowest BCUT2D eigenvalue weighted by atomic mass is 10.0. The Balaban J connectivity index is 1.62. The van der Waals surface area contributed by atoms with Crippen molar-refractivity contribution in [2.45, 2.75) is 12.5 Å². The van der Waals surface area contributed by atoms with Crippen LogP contribution in [0.3, 0.4) is 0 Å². The van der Waals surface area contributed by atoms with Crippen LogP contribution in [0.2, 0.25) is 0 Å². The first kappa shape index (κ1) is 17.5. The topological polar surface area (TPSA) is 99.8 Å². The van der Waals surface area contributed by atoms with Crippen molar-refractivity contribution in [2.75, 3.05) is 5.32 Å². The van der Waals surface area contributed by atoms with Gasteiger partial charge in [0.15, 0.2) is 0 Å². The Labute approximate surface area is 159 Å². The van der Waals surface area contributed by atoms with E-state index in [0.717, 1.165) is 5.56 Å². The highest BCUT2D eigenvalue weighted by Crippen LogP contribution is 2.19. The number of anilines is 1. The highest BCUT2D eigenvalue weighted by atomic mass is 16.2. The van der Waals surface area contributed by atoms with E-state index < -0.39 is 17.2 Å². The molecule has 140 valence electrons. The molecule has 0 radical (unpaired) electrons. The Hall–Kier alpha value is -3.87. The van der Waals surface area contributed by atoms with Crippen LogP contribution in [0.4, 0.5) is 5.69 Å². The Bertz CT molecular complexity index is 1220. The van der Waals surface area contributed by atoms with Gasteiger partial charge >= 0.3 is 11.1 Å². The first-order valence-corrected chi connectivity index (χ1v) is 8.84. The first-order valence-electron chi connectivity index (χ1n) is 8.84. The number of amides is 1. The standard InChI is InChI=1S/C21H18N4O3/c26-19(18(25-10-4-5-11-25)12-14-6-2-1-3-7-14)22-15-8-9-16-17(13-15)24-21(28)20(27)23-16/h1-11,13,18H,12H2,(H,22,26)(H,23,27)(H,24,28)/t18-/m0/s1. The third-order valence-corrected chi connectivity index (χ3v) is 4.55. The van der Waals surface area contributed by atoms with Crippen LogP contribution >= 0.6 is 0 Å². The Morgan fingerprint density at radius 1 is 0.893 bits per heavy atom. The van der Waals surface area contributed by atoms with Crippen LogP contribution < -0.4 is 16.4 Å². The molecule has 2 aromatic heterocycles. The second-order valence-electron chi connectivity index (χ2n) is 6.49. The molecule has 7 heteroatoms. The van der Waals surface area contributed by atoms with E-state index in [1.165, 1.54) is 0 Å². The van der Waals surface area contributed by atoms with Crippen LogP contribution in [-0.4, -0.2) is 20.4 Å². The zero-order valence-corrected chi connectivity index (χ0v) is 14.9. The predicted molar refractivity (Wildman–Crippen MR) is 107 cm³/mol. The molecule has 0 aliphatic rings. The van der Waals surface area contributed by atoms with Crippen molar-refractivity contribution < 1.29 is 4.79 Å². The van der Waals surface area contributed by atoms with Crippen molar-refractivity contribution in [1.82, 2.24) is 14.5 Å². The van der Waals surface area contributed by atoms with E-state index in [1.54, 1.807) is 18.2 Å². The maximum Gasteiger partial charge on any atom is 0.314 e. The van der Waals surface area contributed by atoms with E-state index in [2.05, 4.69) is 15.3 Å². The van der Waals surface area contributed by atoms with Gasteiger partial charge in [-0.25, -0.2) is 0 Å². The van der Waals surface area contributed by atoms with Crippen LogP contribution in [0, 0.1) is 0 Å². The molecule has 0 unspecified atom stereocenters. The Morgan fingerprint density at radius 2 is 1.57 bits per heavy atom. The molecule has 2 heterocycles. The quantitative estimate of drug-likeness (QED) is 0.468. The molecule has 0 fully saturated rings. The van der Waals surface area contributed by atoms with Crippen LogP contribution in [0.5, 0.6) is 0 Å². The lowest BCUT2D eigenvalue weighted by Gasteiger charge is -2.19. The Kier molecular flexibility index (Phi) is 4.63. The van der Waals surface area contributed by atoms with E-state index in [9.17, 15) is 14.4 Å². The number of aromatic nitrogens is 3. The van der Waals surface area contributed by atoms with Gasteiger partial charge in [0.1, 0.15) is 6.04 Å². The molecule has 0 saturated carbocycles. The van der Waals surface area contributed by atoms with E-state index in [1.807, 2.05) is 59.4 Å². The van der Waals surface area contributed by atoms with Crippen molar-refractivity contribution in [2.24, 2.45) is 0 Å². The molecule has 2 aromatic carbocycles. The molecule has 0 aliphatic carbocycles. The summed E-state index contributed by atoms with van der Waals surface area (Å²) in [6.45, 7) is 0. The van der Waals surface area contributed by atoms with Gasteiger partial charge in [0.2, 0.25) is 5.91 Å². The monoisotopic (exact) mass is 374 g/mol. The SMILES string of the molecule is O=C(Nc1ccc2[nH]c(=O)c(=O)[nH]c2c1)[C@H](Cc1ccccc1)n1cccc1. The number of rotatable bonds is 5. The number of aromatic amines is 2. The number of carbonyl (C=O) groups excluding carboxylic acids is 1. The zero-order valence-electron chi connectivity index (χ0n) is 14.9. The second kappa shape index (κ2) is 7.40. The fraction of sp³-hybridized carbons (Fsp3) is 0.0952. The molecular weight excluding hydrogens is 356 g/mol. The molecule has 4 aromatic rings. The zero-order chi connectivity index (χ0) is 19.5. The van der Waals surface area contributed by atoms with Gasteiger partial charge in [0.05, 0.1) is 11.0 Å². The second-order valence-corrected chi connectivity index (χ2v) is 6.49. The smallest absolute Gasteiger partial charge is 0.314 e. The number of hydrogen-bond acceptors (Lipinski definition) is 3. The van der Waals surface area contributed by atoms with Gasteiger partial charge in [0, 0.05) is 24.5 Å². The van der Waals surface area contributed by atoms with Gasteiger partial charge in [-0.3, -0.25) is 14.4 Å². The predicted octanol–water partition coefficient (Wildman–Crippen LogP) is 2.44. The molecule has 0 saturated heterocycles. The molecule has 4 rings (SSSR count). The van der Waals surface area contributed by atoms with Gasteiger partial charge in [-0.2, -0.15) is 0 Å². The summed E-state index contributed by atoms with van der Waals surface area (Å²) in [6, 6.07) is 18.1. The van der Waals surface area contributed by atoms with Crippen LogP contribution in [0.15, 0.2) is 82.6 Å². The minimum atomic E-state index is -0.731. The van der Waals surface area contributed by atoms with Crippen molar-refractivity contribution >= 4 is 22.6 Å². The summed E-state index contributed by atoms with van der Waals surface area (Å²) >= 11 is 0. The van der Waals surface area contributed by atoms with Gasteiger partial charge in [-0.1, -0.05) is 30.3 Å². The maximum atomic E-state index is 13.0. The van der Waals surface area contributed by atoms with Crippen LogP contribution in [0.1, 0.15) is 11.6 Å². The minimum absolute atomic E-state index is 0.175. The number of benzene rings is 2. The first-order chi connectivity index (χ1) is 13.6. The normalized spacial score (nSPS) is 12.0. The molecule has 1 atom stereocenters. The highest BCUT2D eigenvalue weighted by molar-refractivity contribution is 5.95. The molecule has 0 spiro atoms. The Morgan fingerprint density at radius 3 is 2.29 bits per heavy atom. The molecule has 3 N–H and O–H groups in total. The van der Waals surface area contributed by atoms with E-state index >= 15 is 0 Å². The summed E-state index contributed by atoms with van der Waals surface area (Å²) in [5.41, 5.74) is 1.09. The summed E-state index contributed by atoms with van der Waals surface area (Å²) in [6.07, 6.45) is 4.25. The van der Waals surface area contributed by atoms with Crippen molar-refractivity contribution in [3.63, 3.8) is 0 Å². The molecular formula is C21H18N4O3. The average molecular weight is 374 g/mol. The molecule has 0 bridgehead atoms. The third kappa shape index (κ3) is 3.64. The van der Waals surface area contributed by atoms with E-state index in [0.29, 0.717) is 23.1 Å². The van der Waals surface area contributed by atoms with Gasteiger partial charge in [-0.15, -0.1) is 0 Å². The lowest BCUT2D eigenvalue weighted by Crippen LogP contribution is -2.29. The number of nitrogens with one attached hydrogen (secondary N) is 3. The minimum Gasteiger partial charge on any atom is -0.342 e. The van der Waals surface area contributed by atoms with E-state index in [-0.39, 0.29) is 5.91 Å². The maximum absolute atomic E-state index is 13.0. The summed E-state index contributed by atoms with van der Waals surface area (Å²) in [7, 11) is 0. The number of nitrogens with zero attached hydrogens (tertiary/aromatic N) is 1. The summed E-state index contributed by atoms with van der Waals surface area (Å²) < 4.78 is 1.86. The number of carbonyl (C=O) groups is 1. The van der Waals surface area contributed by atoms with Gasteiger partial charge in [0.25, 0.3) is 0 Å². The van der Waals surface area contributed by atoms with Crippen molar-refractivity contribution in [3.05, 3.63) is 99.3 Å². The number of hydrogen-bond donors (Lipinski definition) is 3. The summed E-state index contributed by atoms with van der Waals surface area (Å²) in [5.74, 6) is -0.175. The fourth-order valence-corrected chi connectivity index (χ4v) is 3.14. The number of H-pyrrole nitrogens is 2. The van der Waals surface area contributed by atoms with Gasteiger partial charge in [-0.05, 0) is 35.9 Å². The van der Waals surface area contributed by atoms with Crippen molar-refractivity contribution in [3.8, 4) is 0 Å².